The van der Waals surface area contributed by atoms with Crippen molar-refractivity contribution in [2.45, 2.75) is 32.7 Å². The fourth-order valence-corrected chi connectivity index (χ4v) is 3.46. The number of ether oxygens (including phenoxy) is 1. The number of nitrogens with one attached hydrogen (secondary N) is 2. The van der Waals surface area contributed by atoms with Gasteiger partial charge in [-0.2, -0.15) is 0 Å². The predicted molar refractivity (Wildman–Crippen MR) is 111 cm³/mol. The summed E-state index contributed by atoms with van der Waals surface area (Å²) in [7, 11) is 0. The molecule has 0 unspecified atom stereocenters. The highest BCUT2D eigenvalue weighted by molar-refractivity contribution is 5.98. The molecule has 3 aromatic rings. The number of nitrogens with zero attached hydrogens (tertiary/aromatic N) is 2. The molecule has 1 aromatic heterocycles. The fraction of sp³-hybridized carbons (Fsp3) is 0.273. The first-order valence-corrected chi connectivity index (χ1v) is 9.84. The molecule has 0 aliphatic carbocycles. The first-order chi connectivity index (χ1) is 14.5. The van der Waals surface area contributed by atoms with Crippen LogP contribution in [0, 0.1) is 6.92 Å². The van der Waals surface area contributed by atoms with Crippen LogP contribution in [-0.4, -0.2) is 28.0 Å². The van der Waals surface area contributed by atoms with Crippen molar-refractivity contribution in [3.8, 4) is 5.75 Å². The second-order valence-corrected chi connectivity index (χ2v) is 7.19. The van der Waals surface area contributed by atoms with Gasteiger partial charge in [-0.1, -0.05) is 18.2 Å². The van der Waals surface area contributed by atoms with E-state index in [9.17, 15) is 14.4 Å². The quantitative estimate of drug-likeness (QED) is 0.630. The van der Waals surface area contributed by atoms with Crippen LogP contribution in [0.25, 0.3) is 10.9 Å². The lowest BCUT2D eigenvalue weighted by Crippen LogP contribution is -2.42. The Balaban J connectivity index is 1.34. The highest BCUT2D eigenvalue weighted by atomic mass is 16.5. The zero-order valence-corrected chi connectivity index (χ0v) is 16.6. The molecule has 0 fully saturated rings. The summed E-state index contributed by atoms with van der Waals surface area (Å²) < 4.78 is 7.26. The van der Waals surface area contributed by atoms with Crippen LogP contribution in [0.1, 0.15) is 34.6 Å². The predicted octanol–water partition coefficient (Wildman–Crippen LogP) is 1.88. The Kier molecular flexibility index (Phi) is 5.47. The summed E-state index contributed by atoms with van der Waals surface area (Å²) in [5.41, 5.74) is 6.47. The molecule has 154 valence electrons. The summed E-state index contributed by atoms with van der Waals surface area (Å²) in [5.74, 6) is 0.617. The lowest BCUT2D eigenvalue weighted by molar-refractivity contribution is -0.122. The number of carbonyl (C=O) groups excluding carboxylic acids is 2. The third kappa shape index (κ3) is 4.03. The highest BCUT2D eigenvalue weighted by Crippen LogP contribution is 2.17. The maximum absolute atomic E-state index is 12.5. The van der Waals surface area contributed by atoms with Crippen LogP contribution < -0.4 is 21.1 Å². The Hall–Kier alpha value is -3.68. The van der Waals surface area contributed by atoms with E-state index in [4.69, 9.17) is 4.74 Å². The smallest absolute Gasteiger partial charge is 0.269 e. The molecule has 1 aliphatic heterocycles. The molecule has 8 nitrogen and oxygen atoms in total. The Morgan fingerprint density at radius 2 is 2.00 bits per heavy atom. The van der Waals surface area contributed by atoms with Crippen molar-refractivity contribution in [3.63, 3.8) is 0 Å². The molecular formula is C22H22N4O4. The van der Waals surface area contributed by atoms with Crippen LogP contribution in [0.2, 0.25) is 0 Å². The van der Waals surface area contributed by atoms with Gasteiger partial charge in [0.2, 0.25) is 5.91 Å². The minimum absolute atomic E-state index is 0.0820. The number of benzene rings is 2. The van der Waals surface area contributed by atoms with Crippen LogP contribution in [0.15, 0.2) is 47.3 Å². The summed E-state index contributed by atoms with van der Waals surface area (Å²) in [6, 6.07) is 12.3. The number of hydrogen-bond acceptors (Lipinski definition) is 5. The summed E-state index contributed by atoms with van der Waals surface area (Å²) in [4.78, 5) is 41.4. The van der Waals surface area contributed by atoms with Gasteiger partial charge >= 0.3 is 0 Å². The molecule has 0 saturated heterocycles. The number of fused-ring (bicyclic) bond motifs is 2. The summed E-state index contributed by atoms with van der Waals surface area (Å²) in [5, 5.41) is 0.481. The van der Waals surface area contributed by atoms with Gasteiger partial charge in [0.1, 0.15) is 11.6 Å². The number of aromatic nitrogens is 2. The van der Waals surface area contributed by atoms with Crippen LogP contribution >= 0.6 is 0 Å². The number of aryl methyl sites for hydroxylation is 2. The lowest BCUT2D eigenvalue weighted by atomic mass is 10.1. The van der Waals surface area contributed by atoms with Crippen LogP contribution in [-0.2, 0) is 17.8 Å². The molecule has 2 heterocycles. The van der Waals surface area contributed by atoms with Crippen molar-refractivity contribution >= 4 is 22.7 Å². The zero-order chi connectivity index (χ0) is 21.1. The Morgan fingerprint density at radius 1 is 1.17 bits per heavy atom. The Labute approximate surface area is 172 Å². The first kappa shape index (κ1) is 19.6. The number of hydrogen-bond donors (Lipinski definition) is 2. The first-order valence-electron chi connectivity index (χ1n) is 9.84. The molecule has 0 saturated carbocycles. The van der Waals surface area contributed by atoms with Crippen LogP contribution in [0.4, 0.5) is 0 Å². The largest absolute Gasteiger partial charge is 0.493 e. The van der Waals surface area contributed by atoms with Crippen molar-refractivity contribution in [1.29, 1.82) is 0 Å². The third-order valence-corrected chi connectivity index (χ3v) is 5.07. The monoisotopic (exact) mass is 406 g/mol. The third-order valence-electron chi connectivity index (χ3n) is 5.07. The van der Waals surface area contributed by atoms with Crippen molar-refractivity contribution in [3.05, 3.63) is 69.8 Å². The summed E-state index contributed by atoms with van der Waals surface area (Å²) in [6.07, 6.45) is 1.74. The van der Waals surface area contributed by atoms with Gasteiger partial charge in [-0.05, 0) is 43.2 Å². The van der Waals surface area contributed by atoms with E-state index in [1.807, 2.05) is 31.2 Å². The molecule has 0 atom stereocenters. The zero-order valence-electron chi connectivity index (χ0n) is 16.6. The van der Waals surface area contributed by atoms with Crippen LogP contribution in [0.3, 0.4) is 0 Å². The molecule has 2 aromatic carbocycles. The molecular weight excluding hydrogens is 384 g/mol. The van der Waals surface area contributed by atoms with Gasteiger partial charge in [0.05, 0.1) is 23.9 Å². The minimum atomic E-state index is -0.479. The van der Waals surface area contributed by atoms with Gasteiger partial charge in [-0.25, -0.2) is 4.98 Å². The van der Waals surface area contributed by atoms with Gasteiger partial charge in [0.25, 0.3) is 11.5 Å². The average Bonchev–Trinajstić information content (AvgIpc) is 3.22. The number of amides is 2. The molecule has 2 N–H and O–H groups in total. The molecule has 2 amide bonds. The van der Waals surface area contributed by atoms with Crippen molar-refractivity contribution in [2.75, 3.05) is 6.61 Å². The molecule has 30 heavy (non-hydrogen) atoms. The van der Waals surface area contributed by atoms with Gasteiger partial charge in [0, 0.05) is 18.5 Å². The summed E-state index contributed by atoms with van der Waals surface area (Å²) >= 11 is 0. The van der Waals surface area contributed by atoms with Crippen molar-refractivity contribution in [2.24, 2.45) is 0 Å². The van der Waals surface area contributed by atoms with E-state index in [2.05, 4.69) is 15.8 Å². The van der Waals surface area contributed by atoms with Gasteiger partial charge in [0.15, 0.2) is 0 Å². The molecule has 0 spiro atoms. The average molecular weight is 406 g/mol. The minimum Gasteiger partial charge on any atom is -0.493 e. The second-order valence-electron chi connectivity index (χ2n) is 7.19. The maximum atomic E-state index is 12.5. The maximum Gasteiger partial charge on any atom is 0.269 e. The number of para-hydroxylation sites is 1. The van der Waals surface area contributed by atoms with Crippen molar-refractivity contribution < 1.29 is 14.3 Å². The number of rotatable bonds is 5. The molecule has 1 aliphatic rings. The number of hydrazine groups is 1. The van der Waals surface area contributed by atoms with Gasteiger partial charge < -0.3 is 4.74 Å². The van der Waals surface area contributed by atoms with E-state index in [1.54, 1.807) is 22.8 Å². The normalized spacial score (nSPS) is 12.4. The van der Waals surface area contributed by atoms with E-state index in [0.29, 0.717) is 23.0 Å². The summed E-state index contributed by atoms with van der Waals surface area (Å²) in [6.45, 7) is 2.80. The van der Waals surface area contributed by atoms with Crippen molar-refractivity contribution in [1.82, 2.24) is 20.4 Å². The molecule has 0 bridgehead atoms. The highest BCUT2D eigenvalue weighted by Gasteiger charge is 2.17. The molecule has 0 radical (unpaired) electrons. The van der Waals surface area contributed by atoms with Gasteiger partial charge in [-0.3, -0.25) is 29.8 Å². The van der Waals surface area contributed by atoms with E-state index in [1.165, 1.54) is 0 Å². The van der Waals surface area contributed by atoms with E-state index in [-0.39, 0.29) is 24.5 Å². The Bertz CT molecular complexity index is 1190. The Morgan fingerprint density at radius 3 is 2.83 bits per heavy atom. The molecule has 8 heteroatoms. The second kappa shape index (κ2) is 8.36. The van der Waals surface area contributed by atoms with E-state index >= 15 is 0 Å². The standard InChI is InChI=1S/C22H22N4O4/c1-14-5-2-3-6-18(14)30-12-10-20(27)24-25-21(28)15-8-9-16-17(13-15)23-19-7-4-11-26(19)22(16)29/h2-3,5-6,8-9,13H,4,7,10-12H2,1H3,(H,24,27)(H,25,28). The fourth-order valence-electron chi connectivity index (χ4n) is 3.46. The van der Waals surface area contributed by atoms with Gasteiger partial charge in [-0.15, -0.1) is 0 Å². The SMILES string of the molecule is Cc1ccccc1OCCC(=O)NNC(=O)c1ccc2c(=O)n3c(nc2c1)CCC3. The molecule has 4 rings (SSSR count). The topological polar surface area (TPSA) is 102 Å². The van der Waals surface area contributed by atoms with E-state index in [0.717, 1.165) is 30.0 Å². The number of carbonyl (C=O) groups is 2. The van der Waals surface area contributed by atoms with Crippen LogP contribution in [0.5, 0.6) is 5.75 Å². The lowest BCUT2D eigenvalue weighted by Gasteiger charge is -2.10. The van der Waals surface area contributed by atoms with E-state index < -0.39 is 5.91 Å².